The minimum Gasteiger partial charge on any atom is -0.481 e. The van der Waals surface area contributed by atoms with Crippen LogP contribution in [0.4, 0.5) is 0 Å². The first-order chi connectivity index (χ1) is 14.9. The molecule has 1 aromatic heterocycles. The van der Waals surface area contributed by atoms with Crippen LogP contribution in [0.5, 0.6) is 11.9 Å². The Kier molecular flexibility index (Phi) is 6.87. The zero-order valence-corrected chi connectivity index (χ0v) is 18.0. The Morgan fingerprint density at radius 3 is 2.00 bits per heavy atom. The summed E-state index contributed by atoms with van der Waals surface area (Å²) in [5.74, 6) is -0.902. The predicted octanol–water partition coefficient (Wildman–Crippen LogP) is 3.99. The number of aliphatic carboxylic acids is 1. The summed E-state index contributed by atoms with van der Waals surface area (Å²) in [4.78, 5) is 21.0. The van der Waals surface area contributed by atoms with Crippen molar-refractivity contribution in [2.75, 3.05) is 7.11 Å². The maximum absolute atomic E-state index is 12.6. The molecule has 31 heavy (non-hydrogen) atoms. The van der Waals surface area contributed by atoms with Gasteiger partial charge in [-0.15, -0.1) is 0 Å². The molecule has 162 valence electrons. The molecular formula is C24H26N2O5. The topological polar surface area (TPSA) is 90.8 Å². The minimum atomic E-state index is -1.48. The van der Waals surface area contributed by atoms with E-state index in [0.717, 1.165) is 0 Å². The van der Waals surface area contributed by atoms with Crippen molar-refractivity contribution in [3.8, 4) is 11.9 Å². The monoisotopic (exact) mass is 422 g/mol. The quantitative estimate of drug-likeness (QED) is 0.557. The van der Waals surface area contributed by atoms with Crippen LogP contribution in [0.15, 0.2) is 66.9 Å². The van der Waals surface area contributed by atoms with Gasteiger partial charge in [-0.3, -0.25) is 0 Å². The first-order valence-electron chi connectivity index (χ1n) is 9.94. The van der Waals surface area contributed by atoms with Crippen LogP contribution >= 0.6 is 0 Å². The zero-order chi connectivity index (χ0) is 22.4. The zero-order valence-electron chi connectivity index (χ0n) is 18.0. The maximum Gasteiger partial charge on any atom is 0.348 e. The highest BCUT2D eigenvalue weighted by Gasteiger charge is 2.50. The van der Waals surface area contributed by atoms with E-state index in [2.05, 4.69) is 9.97 Å². The van der Waals surface area contributed by atoms with Gasteiger partial charge in [-0.1, -0.05) is 60.7 Å². The number of hydrogen-bond donors (Lipinski definition) is 1. The van der Waals surface area contributed by atoms with Crippen molar-refractivity contribution in [1.29, 1.82) is 0 Å². The Hall–Kier alpha value is -3.45. The summed E-state index contributed by atoms with van der Waals surface area (Å²) in [7, 11) is 1.48. The van der Waals surface area contributed by atoms with Crippen LogP contribution in [0.3, 0.4) is 0 Å². The van der Waals surface area contributed by atoms with Gasteiger partial charge in [0.25, 0.3) is 0 Å². The third kappa shape index (κ3) is 4.67. The highest BCUT2D eigenvalue weighted by atomic mass is 16.6. The number of carboxylic acid groups (broad SMARTS) is 1. The van der Waals surface area contributed by atoms with Crippen LogP contribution < -0.4 is 9.47 Å². The van der Waals surface area contributed by atoms with Crippen molar-refractivity contribution in [3.63, 3.8) is 0 Å². The predicted molar refractivity (Wildman–Crippen MR) is 115 cm³/mol. The van der Waals surface area contributed by atoms with E-state index in [1.54, 1.807) is 6.92 Å². The first kappa shape index (κ1) is 22.2. The largest absolute Gasteiger partial charge is 0.481 e. The Bertz CT molecular complexity index is 969. The Labute approximate surface area is 181 Å². The van der Waals surface area contributed by atoms with E-state index >= 15 is 0 Å². The van der Waals surface area contributed by atoms with Crippen molar-refractivity contribution in [3.05, 3.63) is 83.6 Å². The summed E-state index contributed by atoms with van der Waals surface area (Å²) in [5.41, 5.74) is 0.532. The number of ether oxygens (including phenoxy) is 3. The Morgan fingerprint density at radius 2 is 1.55 bits per heavy atom. The van der Waals surface area contributed by atoms with Gasteiger partial charge < -0.3 is 19.3 Å². The summed E-state index contributed by atoms with van der Waals surface area (Å²) in [6, 6.07) is 18.2. The van der Waals surface area contributed by atoms with Gasteiger partial charge in [0.2, 0.25) is 12.0 Å². The molecule has 2 aromatic carbocycles. The molecule has 1 N–H and O–H groups in total. The molecule has 0 saturated heterocycles. The van der Waals surface area contributed by atoms with Gasteiger partial charge in [-0.25, -0.2) is 9.78 Å². The van der Waals surface area contributed by atoms with E-state index in [1.807, 2.05) is 74.5 Å². The Morgan fingerprint density at radius 1 is 1.00 bits per heavy atom. The van der Waals surface area contributed by atoms with Gasteiger partial charge in [0, 0.05) is 11.8 Å². The molecule has 7 heteroatoms. The van der Waals surface area contributed by atoms with Gasteiger partial charge in [-0.2, -0.15) is 4.98 Å². The molecule has 0 fully saturated rings. The number of aryl methyl sites for hydroxylation is 1. The first-order valence-corrected chi connectivity index (χ1v) is 9.94. The number of nitrogens with zero attached hydrogens (tertiary/aromatic N) is 2. The molecular weight excluding hydrogens is 396 g/mol. The molecule has 0 aliphatic heterocycles. The van der Waals surface area contributed by atoms with Crippen molar-refractivity contribution >= 4 is 5.97 Å². The number of hydrogen-bond acceptors (Lipinski definition) is 6. The van der Waals surface area contributed by atoms with E-state index in [4.69, 9.17) is 14.2 Å². The molecule has 3 aromatic rings. The number of carboxylic acids is 1. The number of benzene rings is 2. The van der Waals surface area contributed by atoms with Gasteiger partial charge >= 0.3 is 12.0 Å². The number of aromatic nitrogens is 2. The molecule has 0 radical (unpaired) electrons. The van der Waals surface area contributed by atoms with Crippen molar-refractivity contribution in [1.82, 2.24) is 9.97 Å². The Balaban J connectivity index is 2.22. The van der Waals surface area contributed by atoms with Crippen LogP contribution in [-0.2, 0) is 15.1 Å². The van der Waals surface area contributed by atoms with E-state index in [9.17, 15) is 9.90 Å². The van der Waals surface area contributed by atoms with E-state index in [1.165, 1.54) is 13.3 Å². The van der Waals surface area contributed by atoms with E-state index in [-0.39, 0.29) is 12.1 Å². The number of methoxy groups -OCH3 is 1. The fraction of sp³-hybridized carbons (Fsp3) is 0.292. The third-order valence-corrected chi connectivity index (χ3v) is 4.74. The molecule has 0 spiro atoms. The molecule has 7 nitrogen and oxygen atoms in total. The second kappa shape index (κ2) is 9.57. The summed E-state index contributed by atoms with van der Waals surface area (Å²) in [5, 5.41) is 10.3. The molecule has 1 unspecified atom stereocenters. The summed E-state index contributed by atoms with van der Waals surface area (Å²) in [6.07, 6.45) is -0.262. The molecule has 0 aliphatic carbocycles. The fourth-order valence-electron chi connectivity index (χ4n) is 3.50. The summed E-state index contributed by atoms with van der Waals surface area (Å²) < 4.78 is 17.6. The maximum atomic E-state index is 12.6. The van der Waals surface area contributed by atoms with Gasteiger partial charge in [0.05, 0.1) is 13.2 Å². The van der Waals surface area contributed by atoms with Crippen molar-refractivity contribution in [2.24, 2.45) is 0 Å². The van der Waals surface area contributed by atoms with Crippen LogP contribution in [0, 0.1) is 6.92 Å². The second-order valence-electron chi connectivity index (χ2n) is 7.32. The lowest BCUT2D eigenvalue weighted by molar-refractivity contribution is -0.169. The summed E-state index contributed by atoms with van der Waals surface area (Å²) in [6.45, 7) is 5.49. The van der Waals surface area contributed by atoms with Gasteiger partial charge in [-0.05, 0) is 31.9 Å². The molecule has 0 saturated carbocycles. The average Bonchev–Trinajstić information content (AvgIpc) is 2.78. The lowest BCUT2D eigenvalue weighted by atomic mass is 9.80. The molecule has 1 atom stereocenters. The third-order valence-electron chi connectivity index (χ3n) is 4.74. The van der Waals surface area contributed by atoms with E-state index in [0.29, 0.717) is 22.6 Å². The molecule has 3 rings (SSSR count). The normalized spacial score (nSPS) is 12.4. The highest BCUT2D eigenvalue weighted by molar-refractivity contribution is 5.76. The lowest BCUT2D eigenvalue weighted by Crippen LogP contribution is -2.52. The standard InChI is InChI=1S/C24H26N2O5/c1-16(2)31-24(18-11-7-5-8-12-18,19-13-9-6-10-14-19)20(22(27)28)30-23-25-15-17(3)21(26-23)29-4/h5-16,20H,1-4H3,(H,27,28). The highest BCUT2D eigenvalue weighted by Crippen LogP contribution is 2.40. The van der Waals surface area contributed by atoms with Crippen molar-refractivity contribution in [2.45, 2.75) is 38.6 Å². The van der Waals surface area contributed by atoms with Crippen LogP contribution in [0.25, 0.3) is 0 Å². The molecule has 0 aliphatic rings. The number of rotatable bonds is 9. The lowest BCUT2D eigenvalue weighted by Gasteiger charge is -2.40. The SMILES string of the molecule is COc1nc(OC(C(=O)O)C(OC(C)C)(c2ccccc2)c2ccccc2)ncc1C. The average molecular weight is 422 g/mol. The molecule has 0 bridgehead atoms. The van der Waals surface area contributed by atoms with Gasteiger partial charge in [0.1, 0.15) is 0 Å². The van der Waals surface area contributed by atoms with Crippen LogP contribution in [0.1, 0.15) is 30.5 Å². The summed E-state index contributed by atoms with van der Waals surface area (Å²) >= 11 is 0. The number of carbonyl (C=O) groups is 1. The van der Waals surface area contributed by atoms with Crippen molar-refractivity contribution < 1.29 is 24.1 Å². The van der Waals surface area contributed by atoms with Crippen LogP contribution in [-0.4, -0.2) is 40.4 Å². The smallest absolute Gasteiger partial charge is 0.348 e. The van der Waals surface area contributed by atoms with Crippen LogP contribution in [0.2, 0.25) is 0 Å². The second-order valence-corrected chi connectivity index (χ2v) is 7.32. The van der Waals surface area contributed by atoms with E-state index < -0.39 is 17.7 Å². The fourth-order valence-corrected chi connectivity index (χ4v) is 3.50. The minimum absolute atomic E-state index is 0.113. The molecule has 0 amide bonds. The molecule has 1 heterocycles. The van der Waals surface area contributed by atoms with Gasteiger partial charge in [0.15, 0.2) is 5.60 Å².